The van der Waals surface area contributed by atoms with E-state index in [1.807, 2.05) is 13.0 Å². The molecule has 0 saturated carbocycles. The molecule has 0 atom stereocenters. The Hall–Kier alpha value is -5.00. The number of nitrogen functional groups attached to an aromatic ring is 1. The van der Waals surface area contributed by atoms with Crippen LogP contribution in [0, 0.1) is 17.0 Å². The summed E-state index contributed by atoms with van der Waals surface area (Å²) in [7, 11) is 0. The van der Waals surface area contributed by atoms with Crippen molar-refractivity contribution in [3.05, 3.63) is 106 Å². The van der Waals surface area contributed by atoms with E-state index in [9.17, 15) is 14.9 Å². The number of amides is 1. The smallest absolute Gasteiger partial charge is 0.270 e. The van der Waals surface area contributed by atoms with Crippen molar-refractivity contribution in [2.24, 2.45) is 0 Å². The first-order valence-electron chi connectivity index (χ1n) is 11.5. The second kappa shape index (κ2) is 12.7. The molecule has 204 valence electrons. The number of aryl methyl sites for hydroxylation is 1. The average molecular weight is 579 g/mol. The van der Waals surface area contributed by atoms with Crippen LogP contribution in [0.5, 0.6) is 0 Å². The maximum absolute atomic E-state index is 12.9. The molecular formula is C27H24Cl2N8O3. The molecule has 0 unspecified atom stereocenters. The standard InChI is InChI=1S/C27H22N8O3.2ClH/c1-16-13-25(34-27(28)30-16)32-20-4-2-3-17(14-20)26(36)33-19-7-5-18(6-8-19)31-24-11-12-29-23-10-9-21(35(37)38)15-22(23)24;;/h2-15H,1H3,(H,29,31)(H,33,36)(H3,28,30,32,34);2*1H. The van der Waals surface area contributed by atoms with Crippen LogP contribution in [0.1, 0.15) is 16.1 Å². The molecule has 2 aromatic heterocycles. The van der Waals surface area contributed by atoms with Crippen LogP contribution in [0.25, 0.3) is 10.9 Å². The molecule has 5 rings (SSSR count). The zero-order valence-electron chi connectivity index (χ0n) is 21.0. The van der Waals surface area contributed by atoms with Gasteiger partial charge in [-0.25, -0.2) is 4.98 Å². The quantitative estimate of drug-likeness (QED) is 0.126. The van der Waals surface area contributed by atoms with Gasteiger partial charge in [0.25, 0.3) is 11.6 Å². The summed E-state index contributed by atoms with van der Waals surface area (Å²) in [6.45, 7) is 1.82. The van der Waals surface area contributed by atoms with Crippen LogP contribution in [0.3, 0.4) is 0 Å². The normalized spacial score (nSPS) is 10.1. The number of carbonyl (C=O) groups is 1. The number of pyridine rings is 1. The predicted molar refractivity (Wildman–Crippen MR) is 161 cm³/mol. The highest BCUT2D eigenvalue weighted by molar-refractivity contribution is 6.05. The summed E-state index contributed by atoms with van der Waals surface area (Å²) in [4.78, 5) is 36.1. The number of nitrogens with zero attached hydrogens (tertiary/aromatic N) is 4. The number of aromatic nitrogens is 3. The lowest BCUT2D eigenvalue weighted by Crippen LogP contribution is -2.12. The number of benzene rings is 3. The van der Waals surface area contributed by atoms with Gasteiger partial charge in [0.1, 0.15) is 5.82 Å². The molecule has 0 aliphatic heterocycles. The third-order valence-corrected chi connectivity index (χ3v) is 5.63. The van der Waals surface area contributed by atoms with Gasteiger partial charge >= 0.3 is 0 Å². The lowest BCUT2D eigenvalue weighted by Gasteiger charge is -2.11. The highest BCUT2D eigenvalue weighted by Crippen LogP contribution is 2.29. The molecule has 13 heteroatoms. The van der Waals surface area contributed by atoms with Crippen molar-refractivity contribution >= 4 is 81.8 Å². The number of non-ortho nitro benzene ring substituents is 1. The molecule has 0 radical (unpaired) electrons. The number of nitrogens with two attached hydrogens (primary N) is 1. The fraction of sp³-hybridized carbons (Fsp3) is 0.0370. The first-order valence-corrected chi connectivity index (χ1v) is 11.5. The number of nitro groups is 1. The van der Waals surface area contributed by atoms with Gasteiger partial charge in [0.05, 0.1) is 10.4 Å². The van der Waals surface area contributed by atoms with Crippen LogP contribution in [0.15, 0.2) is 85.1 Å². The van der Waals surface area contributed by atoms with Crippen molar-refractivity contribution < 1.29 is 9.72 Å². The topological polar surface area (TPSA) is 161 Å². The van der Waals surface area contributed by atoms with Crippen LogP contribution in [0.2, 0.25) is 0 Å². The van der Waals surface area contributed by atoms with Crippen LogP contribution in [-0.4, -0.2) is 25.8 Å². The number of hydrogen-bond donors (Lipinski definition) is 4. The van der Waals surface area contributed by atoms with Gasteiger partial charge < -0.3 is 21.7 Å². The molecule has 0 spiro atoms. The van der Waals surface area contributed by atoms with E-state index in [-0.39, 0.29) is 42.4 Å². The predicted octanol–water partition coefficient (Wildman–Crippen LogP) is 6.41. The van der Waals surface area contributed by atoms with Gasteiger partial charge in [-0.2, -0.15) is 4.98 Å². The highest BCUT2D eigenvalue weighted by atomic mass is 35.5. The Morgan fingerprint density at radius 1 is 0.875 bits per heavy atom. The zero-order valence-corrected chi connectivity index (χ0v) is 22.6. The van der Waals surface area contributed by atoms with Crippen molar-refractivity contribution in [1.29, 1.82) is 0 Å². The minimum absolute atomic E-state index is 0. The summed E-state index contributed by atoms with van der Waals surface area (Å²) in [5.74, 6) is 0.421. The average Bonchev–Trinajstić information content (AvgIpc) is 2.89. The van der Waals surface area contributed by atoms with E-state index in [1.165, 1.54) is 12.1 Å². The molecule has 3 aromatic carbocycles. The second-order valence-corrected chi connectivity index (χ2v) is 8.43. The van der Waals surface area contributed by atoms with Crippen LogP contribution >= 0.6 is 24.8 Å². The van der Waals surface area contributed by atoms with Gasteiger partial charge in [-0.15, -0.1) is 24.8 Å². The number of anilines is 6. The van der Waals surface area contributed by atoms with Crippen molar-refractivity contribution in [3.8, 4) is 0 Å². The van der Waals surface area contributed by atoms with Crippen LogP contribution in [0.4, 0.5) is 40.2 Å². The molecule has 5 N–H and O–H groups in total. The summed E-state index contributed by atoms with van der Waals surface area (Å²) in [5, 5.41) is 21.1. The Labute approximate surface area is 241 Å². The number of rotatable bonds is 7. The largest absolute Gasteiger partial charge is 0.368 e. The Morgan fingerprint density at radius 3 is 2.35 bits per heavy atom. The van der Waals surface area contributed by atoms with E-state index in [4.69, 9.17) is 5.73 Å². The maximum Gasteiger partial charge on any atom is 0.270 e. The van der Waals surface area contributed by atoms with Crippen molar-refractivity contribution in [1.82, 2.24) is 15.0 Å². The Bertz CT molecular complexity index is 1660. The monoisotopic (exact) mass is 578 g/mol. The lowest BCUT2D eigenvalue weighted by atomic mass is 10.1. The molecular weight excluding hydrogens is 555 g/mol. The van der Waals surface area contributed by atoms with Gasteiger partial charge in [0.15, 0.2) is 0 Å². The maximum atomic E-state index is 12.9. The number of hydrogen-bond acceptors (Lipinski definition) is 9. The highest BCUT2D eigenvalue weighted by Gasteiger charge is 2.11. The van der Waals surface area contributed by atoms with Crippen molar-refractivity contribution in [2.75, 3.05) is 21.7 Å². The van der Waals surface area contributed by atoms with Crippen molar-refractivity contribution in [2.45, 2.75) is 6.92 Å². The summed E-state index contributed by atoms with van der Waals surface area (Å²) < 4.78 is 0. The number of nitrogens with one attached hydrogen (secondary N) is 3. The summed E-state index contributed by atoms with van der Waals surface area (Å²) in [6, 6.07) is 22.2. The van der Waals surface area contributed by atoms with E-state index in [0.29, 0.717) is 39.3 Å². The third kappa shape index (κ3) is 6.90. The Balaban J connectivity index is 0.00000220. The zero-order chi connectivity index (χ0) is 26.6. The van der Waals surface area contributed by atoms with Gasteiger partial charge in [0, 0.05) is 63.8 Å². The lowest BCUT2D eigenvalue weighted by molar-refractivity contribution is -0.384. The molecule has 2 heterocycles. The molecule has 0 saturated heterocycles. The van der Waals surface area contributed by atoms with Gasteiger partial charge in [-0.3, -0.25) is 19.9 Å². The summed E-state index contributed by atoms with van der Waals surface area (Å²) >= 11 is 0. The molecule has 0 bridgehead atoms. The molecule has 5 aromatic rings. The Morgan fingerprint density at radius 2 is 1.62 bits per heavy atom. The van der Waals surface area contributed by atoms with Gasteiger partial charge in [-0.05, 0) is 61.5 Å². The fourth-order valence-corrected chi connectivity index (χ4v) is 3.89. The number of nitro benzene ring substituents is 1. The summed E-state index contributed by atoms with van der Waals surface area (Å²) in [6.07, 6.45) is 1.63. The Kier molecular flexibility index (Phi) is 9.38. The van der Waals surface area contributed by atoms with E-state index in [0.717, 1.165) is 11.4 Å². The second-order valence-electron chi connectivity index (χ2n) is 8.43. The van der Waals surface area contributed by atoms with Gasteiger partial charge in [0.2, 0.25) is 5.95 Å². The van der Waals surface area contributed by atoms with Crippen molar-refractivity contribution in [3.63, 3.8) is 0 Å². The fourth-order valence-electron chi connectivity index (χ4n) is 3.89. The third-order valence-electron chi connectivity index (χ3n) is 5.63. The number of fused-ring (bicyclic) bond motifs is 1. The molecule has 11 nitrogen and oxygen atoms in total. The molecule has 0 aliphatic rings. The van der Waals surface area contributed by atoms with E-state index < -0.39 is 4.92 Å². The van der Waals surface area contributed by atoms with E-state index >= 15 is 0 Å². The minimum Gasteiger partial charge on any atom is -0.368 e. The first kappa shape index (κ1) is 29.6. The SMILES string of the molecule is Cc1cc(Nc2cccc(C(=O)Nc3ccc(Nc4ccnc5ccc([N+](=O)[O-])cc45)cc3)c2)nc(N)n1.Cl.Cl. The minimum atomic E-state index is -0.438. The molecule has 0 aliphatic carbocycles. The van der Waals surface area contributed by atoms with E-state index in [2.05, 4.69) is 30.9 Å². The van der Waals surface area contributed by atoms with E-state index in [1.54, 1.807) is 66.9 Å². The first-order chi connectivity index (χ1) is 18.3. The molecule has 0 fully saturated rings. The molecule has 40 heavy (non-hydrogen) atoms. The number of carbonyl (C=O) groups excluding carboxylic acids is 1. The molecule has 1 amide bonds. The number of halogens is 2. The van der Waals surface area contributed by atoms with Crippen LogP contribution in [-0.2, 0) is 0 Å². The van der Waals surface area contributed by atoms with Gasteiger partial charge in [-0.1, -0.05) is 6.07 Å². The van der Waals surface area contributed by atoms with Crippen LogP contribution < -0.4 is 21.7 Å². The summed E-state index contributed by atoms with van der Waals surface area (Å²) in [5.41, 5.74) is 10.2.